The van der Waals surface area contributed by atoms with Gasteiger partial charge in [0.25, 0.3) is 5.69 Å². The van der Waals surface area contributed by atoms with Gasteiger partial charge in [-0.25, -0.2) is 12.8 Å². The van der Waals surface area contributed by atoms with Crippen molar-refractivity contribution in [2.24, 2.45) is 0 Å². The molecule has 1 unspecified atom stereocenters. The second kappa shape index (κ2) is 6.84. The van der Waals surface area contributed by atoms with Crippen molar-refractivity contribution in [2.45, 2.75) is 17.9 Å². The van der Waals surface area contributed by atoms with Gasteiger partial charge in [0.15, 0.2) is 4.90 Å². The molecule has 0 aromatic heterocycles. The first kappa shape index (κ1) is 18.3. The van der Waals surface area contributed by atoms with Crippen molar-refractivity contribution >= 4 is 27.3 Å². The summed E-state index contributed by atoms with van der Waals surface area (Å²) in [5.41, 5.74) is -0.0419. The number of nitrogens with zero attached hydrogens (tertiary/aromatic N) is 2. The summed E-state index contributed by atoms with van der Waals surface area (Å²) in [5, 5.41) is 11.2. The normalized spacial score (nSPS) is 13.0. The van der Waals surface area contributed by atoms with Crippen molar-refractivity contribution in [2.75, 3.05) is 7.05 Å². The van der Waals surface area contributed by atoms with Crippen LogP contribution < -0.4 is 0 Å². The van der Waals surface area contributed by atoms with Crippen LogP contribution in [0.1, 0.15) is 18.5 Å². The number of hydrogen-bond acceptors (Lipinski definition) is 4. The van der Waals surface area contributed by atoms with Crippen molar-refractivity contribution in [3.8, 4) is 0 Å². The molecule has 0 radical (unpaired) electrons. The molecule has 24 heavy (non-hydrogen) atoms. The highest BCUT2D eigenvalue weighted by Gasteiger charge is 2.32. The molecule has 2 aromatic rings. The summed E-state index contributed by atoms with van der Waals surface area (Å²) in [6.45, 7) is 1.60. The summed E-state index contributed by atoms with van der Waals surface area (Å²) in [5.74, 6) is -0.440. The predicted octanol–water partition coefficient (Wildman–Crippen LogP) is 3.77. The molecule has 0 N–H and O–H groups in total. The molecule has 9 heteroatoms. The largest absolute Gasteiger partial charge is 0.290 e. The molecule has 0 aliphatic carbocycles. The molecule has 1 atom stereocenters. The Hall–Kier alpha value is -2.03. The molecular formula is C15H14ClFN2O4S. The Morgan fingerprint density at radius 2 is 1.79 bits per heavy atom. The fourth-order valence-corrected chi connectivity index (χ4v) is 3.82. The monoisotopic (exact) mass is 372 g/mol. The predicted molar refractivity (Wildman–Crippen MR) is 87.9 cm³/mol. The minimum atomic E-state index is -4.15. The first-order chi connectivity index (χ1) is 11.1. The van der Waals surface area contributed by atoms with E-state index in [-0.39, 0.29) is 5.02 Å². The Morgan fingerprint density at radius 1 is 1.21 bits per heavy atom. The van der Waals surface area contributed by atoms with Crippen molar-refractivity contribution in [1.29, 1.82) is 0 Å². The quantitative estimate of drug-likeness (QED) is 0.591. The molecule has 0 bridgehead atoms. The molecule has 2 aromatic carbocycles. The van der Waals surface area contributed by atoms with Crippen molar-refractivity contribution in [1.82, 2.24) is 4.31 Å². The zero-order valence-electron chi connectivity index (χ0n) is 12.8. The first-order valence-corrected chi connectivity index (χ1v) is 8.64. The van der Waals surface area contributed by atoms with Crippen LogP contribution in [0.3, 0.4) is 0 Å². The second-order valence-electron chi connectivity index (χ2n) is 5.12. The van der Waals surface area contributed by atoms with E-state index in [1.807, 2.05) is 0 Å². The van der Waals surface area contributed by atoms with E-state index in [0.29, 0.717) is 5.56 Å². The maximum absolute atomic E-state index is 13.0. The van der Waals surface area contributed by atoms with Crippen LogP contribution in [0, 0.1) is 15.9 Å². The average Bonchev–Trinajstić information content (AvgIpc) is 2.53. The topological polar surface area (TPSA) is 80.5 Å². The van der Waals surface area contributed by atoms with E-state index in [1.54, 1.807) is 6.92 Å². The maximum Gasteiger partial charge on any atom is 0.290 e. The third-order valence-corrected chi connectivity index (χ3v) is 5.88. The van der Waals surface area contributed by atoms with E-state index >= 15 is 0 Å². The zero-order chi connectivity index (χ0) is 18.1. The van der Waals surface area contributed by atoms with E-state index in [4.69, 9.17) is 11.6 Å². The van der Waals surface area contributed by atoms with Gasteiger partial charge >= 0.3 is 0 Å². The van der Waals surface area contributed by atoms with Crippen LogP contribution in [-0.4, -0.2) is 24.7 Å². The molecule has 0 fully saturated rings. The molecular weight excluding hydrogens is 359 g/mol. The summed E-state index contributed by atoms with van der Waals surface area (Å²) in [7, 11) is -2.84. The average molecular weight is 373 g/mol. The molecule has 0 heterocycles. The van der Waals surface area contributed by atoms with Crippen LogP contribution in [-0.2, 0) is 10.0 Å². The Labute approximate surface area is 143 Å². The number of nitro groups is 1. The lowest BCUT2D eigenvalue weighted by Crippen LogP contribution is -2.30. The number of rotatable bonds is 5. The highest BCUT2D eigenvalue weighted by molar-refractivity contribution is 7.89. The maximum atomic E-state index is 13.0. The minimum absolute atomic E-state index is 0.0647. The van der Waals surface area contributed by atoms with Gasteiger partial charge in [0, 0.05) is 24.2 Å². The molecule has 2 rings (SSSR count). The number of sulfonamides is 1. The fourth-order valence-electron chi connectivity index (χ4n) is 2.17. The molecule has 0 aliphatic heterocycles. The summed E-state index contributed by atoms with van der Waals surface area (Å²) in [4.78, 5) is 9.90. The van der Waals surface area contributed by atoms with Crippen molar-refractivity contribution in [3.05, 3.63) is 69.0 Å². The molecule has 6 nitrogen and oxygen atoms in total. The highest BCUT2D eigenvalue weighted by atomic mass is 35.5. The van der Waals surface area contributed by atoms with Gasteiger partial charge in [0.1, 0.15) is 5.82 Å². The van der Waals surface area contributed by atoms with Crippen molar-refractivity contribution in [3.63, 3.8) is 0 Å². The van der Waals surface area contributed by atoms with Crippen LogP contribution in [0.4, 0.5) is 10.1 Å². The number of halogens is 2. The Morgan fingerprint density at radius 3 is 2.33 bits per heavy atom. The number of hydrogen-bond donors (Lipinski definition) is 0. The fraction of sp³-hybridized carbons (Fsp3) is 0.200. The Kier molecular flexibility index (Phi) is 5.22. The molecule has 0 saturated carbocycles. The van der Waals surface area contributed by atoms with Gasteiger partial charge in [0.05, 0.1) is 4.92 Å². The molecule has 128 valence electrons. The zero-order valence-corrected chi connectivity index (χ0v) is 14.4. The third-order valence-electron chi connectivity index (χ3n) is 3.67. The van der Waals surface area contributed by atoms with E-state index in [1.165, 1.54) is 37.4 Å². The number of benzene rings is 2. The molecule has 0 amide bonds. The number of nitro benzene ring substituents is 1. The summed E-state index contributed by atoms with van der Waals surface area (Å²) >= 11 is 5.72. The summed E-state index contributed by atoms with van der Waals surface area (Å²) in [6, 6.07) is 8.08. The van der Waals surface area contributed by atoms with Gasteiger partial charge < -0.3 is 0 Å². The van der Waals surface area contributed by atoms with Gasteiger partial charge in [-0.15, -0.1) is 0 Å². The Bertz CT molecular complexity index is 872. The van der Waals surface area contributed by atoms with Crippen LogP contribution in [0.5, 0.6) is 0 Å². The smallest absolute Gasteiger partial charge is 0.258 e. The summed E-state index contributed by atoms with van der Waals surface area (Å²) < 4.78 is 39.5. The standard InChI is InChI=1S/C15H14ClFN2O4S/c1-10(11-3-6-13(17)7-4-11)18(2)24(22,23)15-8-5-12(16)9-14(15)19(20)21/h3-10H,1-2H3. The lowest BCUT2D eigenvalue weighted by Gasteiger charge is -2.24. The van der Waals surface area contributed by atoms with Gasteiger partial charge in [-0.3, -0.25) is 10.1 Å². The van der Waals surface area contributed by atoms with Gasteiger partial charge in [-0.05, 0) is 36.8 Å². The highest BCUT2D eigenvalue weighted by Crippen LogP contribution is 2.32. The first-order valence-electron chi connectivity index (χ1n) is 6.82. The van der Waals surface area contributed by atoms with Crippen molar-refractivity contribution < 1.29 is 17.7 Å². The van der Waals surface area contributed by atoms with Crippen LogP contribution in [0.15, 0.2) is 47.4 Å². The van der Waals surface area contributed by atoms with Crippen LogP contribution >= 0.6 is 11.6 Å². The second-order valence-corrected chi connectivity index (χ2v) is 7.52. The van der Waals surface area contributed by atoms with Gasteiger partial charge in [0.2, 0.25) is 10.0 Å². The lowest BCUT2D eigenvalue weighted by atomic mass is 10.1. The minimum Gasteiger partial charge on any atom is -0.258 e. The molecule has 0 aliphatic rings. The molecule has 0 spiro atoms. The van der Waals surface area contributed by atoms with E-state index in [9.17, 15) is 22.9 Å². The van der Waals surface area contributed by atoms with Crippen LogP contribution in [0.25, 0.3) is 0 Å². The third kappa shape index (κ3) is 3.55. The molecule has 0 saturated heterocycles. The van der Waals surface area contributed by atoms with Crippen LogP contribution in [0.2, 0.25) is 5.02 Å². The van der Waals surface area contributed by atoms with Gasteiger partial charge in [-0.1, -0.05) is 23.7 Å². The van der Waals surface area contributed by atoms with E-state index < -0.39 is 37.4 Å². The lowest BCUT2D eigenvalue weighted by molar-refractivity contribution is -0.387. The van der Waals surface area contributed by atoms with E-state index in [0.717, 1.165) is 16.4 Å². The SMILES string of the molecule is CC(c1ccc(F)cc1)N(C)S(=O)(=O)c1ccc(Cl)cc1[N+](=O)[O-]. The van der Waals surface area contributed by atoms with Gasteiger partial charge in [-0.2, -0.15) is 4.31 Å². The Balaban J connectivity index is 2.46. The van der Waals surface area contributed by atoms with E-state index in [2.05, 4.69) is 0 Å². The summed E-state index contributed by atoms with van der Waals surface area (Å²) in [6.07, 6.45) is 0.